The van der Waals surface area contributed by atoms with Gasteiger partial charge in [0, 0.05) is 11.1 Å². The Bertz CT molecular complexity index is 808. The second-order valence-corrected chi connectivity index (χ2v) is 5.73. The average molecular weight is 354 g/mol. The molecule has 0 spiro atoms. The minimum absolute atomic E-state index is 0.308. The fourth-order valence-corrected chi connectivity index (χ4v) is 2.84. The molecule has 1 unspecified atom stereocenters. The second kappa shape index (κ2) is 9.87. The van der Waals surface area contributed by atoms with Crippen molar-refractivity contribution in [2.24, 2.45) is 5.73 Å². The first-order valence-corrected chi connectivity index (χ1v) is 9.22. The first-order chi connectivity index (χ1) is 12.2. The molecule has 3 nitrogen and oxygen atoms in total. The van der Waals surface area contributed by atoms with Crippen LogP contribution in [0.3, 0.4) is 0 Å². The molecule has 1 aliphatic rings. The molecular formula is C21H25N2OS+. The molecule has 2 aromatic carbocycles. The van der Waals surface area contributed by atoms with Gasteiger partial charge in [-0.15, -0.1) is 0 Å². The smallest absolute Gasteiger partial charge is 0.280 e. The van der Waals surface area contributed by atoms with E-state index in [1.54, 1.807) is 6.26 Å². The van der Waals surface area contributed by atoms with Gasteiger partial charge in [-0.3, -0.25) is 4.79 Å². The van der Waals surface area contributed by atoms with E-state index >= 15 is 0 Å². The van der Waals surface area contributed by atoms with E-state index in [1.807, 2.05) is 35.7 Å². The van der Waals surface area contributed by atoms with E-state index in [4.69, 9.17) is 5.73 Å². The van der Waals surface area contributed by atoms with Crippen molar-refractivity contribution >= 4 is 29.3 Å². The zero-order valence-corrected chi connectivity index (χ0v) is 15.3. The quantitative estimate of drug-likeness (QED) is 0.711. The summed E-state index contributed by atoms with van der Waals surface area (Å²) in [6.45, 7) is 0.716. The zero-order valence-electron chi connectivity index (χ0n) is 14.4. The minimum atomic E-state index is -0.361. The number of primary amides is 1. The van der Waals surface area contributed by atoms with Crippen molar-refractivity contribution in [2.45, 2.75) is 19.0 Å². The molecular weight excluding hydrogens is 328 g/mol. The Labute approximate surface area is 154 Å². The molecule has 0 bridgehead atoms. The minimum Gasteiger partial charge on any atom is -0.364 e. The molecule has 4 N–H and O–H groups in total. The summed E-state index contributed by atoms with van der Waals surface area (Å²) in [5, 5.41) is 4.44. The molecule has 4 heteroatoms. The van der Waals surface area contributed by atoms with Crippen LogP contribution in [-0.2, 0) is 11.3 Å². The monoisotopic (exact) mass is 353 g/mol. The zero-order chi connectivity index (χ0) is 18.1. The number of carbonyl (C=O) groups excluding carboxylic acids is 1. The molecule has 0 aliphatic heterocycles. The Morgan fingerprint density at radius 1 is 1.16 bits per heavy atom. The first-order valence-electron chi connectivity index (χ1n) is 8.32. The molecule has 25 heavy (non-hydrogen) atoms. The molecule has 0 heterocycles. The Morgan fingerprint density at radius 3 is 2.68 bits per heavy atom. The lowest BCUT2D eigenvalue weighted by Gasteiger charge is -2.13. The lowest BCUT2D eigenvalue weighted by Crippen LogP contribution is -2.91. The predicted molar refractivity (Wildman–Crippen MR) is 108 cm³/mol. The van der Waals surface area contributed by atoms with Gasteiger partial charge in [0.15, 0.2) is 6.04 Å². The van der Waals surface area contributed by atoms with Crippen LogP contribution >= 0.6 is 12.6 Å². The van der Waals surface area contributed by atoms with Gasteiger partial charge in [0.05, 0.1) is 0 Å². The third-order valence-corrected chi connectivity index (χ3v) is 4.08. The average Bonchev–Trinajstić information content (AvgIpc) is 2.92. The number of thiol groups is 1. The molecule has 0 saturated heterocycles. The van der Waals surface area contributed by atoms with Crippen LogP contribution in [-0.4, -0.2) is 18.2 Å². The van der Waals surface area contributed by atoms with Gasteiger partial charge in [0.2, 0.25) is 0 Å². The van der Waals surface area contributed by atoms with Crippen molar-refractivity contribution in [1.29, 1.82) is 0 Å². The summed E-state index contributed by atoms with van der Waals surface area (Å²) in [7, 11) is 0. The highest BCUT2D eigenvalue weighted by Gasteiger charge is 2.22. The first kappa shape index (κ1) is 19.0. The van der Waals surface area contributed by atoms with Crippen LogP contribution in [0.5, 0.6) is 0 Å². The molecule has 0 aromatic heterocycles. The fourth-order valence-electron chi connectivity index (χ4n) is 2.84. The van der Waals surface area contributed by atoms with Gasteiger partial charge in [-0.05, 0) is 29.5 Å². The summed E-state index contributed by atoms with van der Waals surface area (Å²) in [5.74, 6) is -0.308. The summed E-state index contributed by atoms with van der Waals surface area (Å²) >= 11 is 3.53. The second-order valence-electron chi connectivity index (χ2n) is 5.73. The summed E-state index contributed by atoms with van der Waals surface area (Å²) in [6, 6.07) is 14.3. The topological polar surface area (TPSA) is 59.7 Å². The van der Waals surface area contributed by atoms with Gasteiger partial charge in [-0.25, -0.2) is 0 Å². The molecule has 3 rings (SSSR count). The van der Waals surface area contributed by atoms with Gasteiger partial charge in [-0.1, -0.05) is 66.8 Å². The van der Waals surface area contributed by atoms with Crippen LogP contribution in [0.1, 0.15) is 12.0 Å². The van der Waals surface area contributed by atoms with Crippen molar-refractivity contribution in [2.75, 3.05) is 6.26 Å². The van der Waals surface area contributed by atoms with Crippen LogP contribution in [0.4, 0.5) is 0 Å². The number of nitrogens with two attached hydrogens (primary N) is 2. The highest BCUT2D eigenvalue weighted by molar-refractivity contribution is 7.79. The van der Waals surface area contributed by atoms with Gasteiger partial charge in [0.1, 0.15) is 6.54 Å². The Hall–Kier alpha value is -2.30. The summed E-state index contributed by atoms with van der Waals surface area (Å²) < 4.78 is 0. The highest BCUT2D eigenvalue weighted by Crippen LogP contribution is 2.15. The maximum absolute atomic E-state index is 11.8. The van der Waals surface area contributed by atoms with Crippen LogP contribution in [0.2, 0.25) is 0 Å². The number of quaternary nitrogens is 1. The third-order valence-electron chi connectivity index (χ3n) is 4.08. The number of amides is 1. The molecule has 0 fully saturated rings. The number of hydrogen-bond donors (Lipinski definition) is 3. The van der Waals surface area contributed by atoms with Crippen molar-refractivity contribution in [3.05, 3.63) is 84.0 Å². The predicted octanol–water partition coefficient (Wildman–Crippen LogP) is 2.75. The van der Waals surface area contributed by atoms with E-state index in [0.29, 0.717) is 6.54 Å². The maximum Gasteiger partial charge on any atom is 0.280 e. The fraction of sp³-hybridized carbons (Fsp3) is 0.190. The van der Waals surface area contributed by atoms with E-state index in [0.717, 1.165) is 12.0 Å². The van der Waals surface area contributed by atoms with Gasteiger partial charge < -0.3 is 11.1 Å². The Balaban J connectivity index is 0.00000109. The van der Waals surface area contributed by atoms with Crippen molar-refractivity contribution in [3.8, 4) is 0 Å². The molecule has 130 valence electrons. The number of benzene rings is 2. The maximum atomic E-state index is 11.8. The summed E-state index contributed by atoms with van der Waals surface area (Å²) in [4.78, 5) is 11.8. The lowest BCUT2D eigenvalue weighted by molar-refractivity contribution is -0.684. The van der Waals surface area contributed by atoms with Crippen molar-refractivity contribution < 1.29 is 10.1 Å². The van der Waals surface area contributed by atoms with Crippen LogP contribution in [0.15, 0.2) is 78.4 Å². The molecule has 0 radical (unpaired) electrons. The summed E-state index contributed by atoms with van der Waals surface area (Å²) in [6.07, 6.45) is 12.6. The number of hydrogen-bond acceptors (Lipinski definition) is 2. The number of fused-ring (bicyclic) bond motifs is 1. The molecule has 1 amide bonds. The Morgan fingerprint density at radius 2 is 1.92 bits per heavy atom. The molecule has 1 atom stereocenters. The van der Waals surface area contributed by atoms with Crippen LogP contribution < -0.4 is 11.1 Å². The van der Waals surface area contributed by atoms with E-state index < -0.39 is 0 Å². The summed E-state index contributed by atoms with van der Waals surface area (Å²) in [5.41, 5.74) is 7.74. The van der Waals surface area contributed by atoms with E-state index in [1.165, 1.54) is 16.3 Å². The van der Waals surface area contributed by atoms with Crippen LogP contribution in [0.25, 0.3) is 10.8 Å². The SMILES string of the molecule is CS.NC(=O)C([NH2+]Cc1ccc2ccccc2c1)C1=CC=CCC=C1. The number of rotatable bonds is 5. The van der Waals surface area contributed by atoms with E-state index in [2.05, 4.69) is 55.1 Å². The van der Waals surface area contributed by atoms with Crippen molar-refractivity contribution in [1.82, 2.24) is 0 Å². The Kier molecular flexibility index (Phi) is 7.51. The normalized spacial score (nSPS) is 14.2. The highest BCUT2D eigenvalue weighted by atomic mass is 32.1. The largest absolute Gasteiger partial charge is 0.364 e. The standard InChI is InChI=1S/C20H20N2O.CH4S/c21-20(23)19(17-8-3-1-2-4-9-17)22-14-15-11-12-16-7-5-6-10-18(16)13-15;1-2/h1,3-13,19,22H,2,14H2,(H2,21,23);2H,1H3/p+1. The van der Waals surface area contributed by atoms with E-state index in [9.17, 15) is 4.79 Å². The third kappa shape index (κ3) is 5.34. The number of allylic oxidation sites excluding steroid dienone is 4. The van der Waals surface area contributed by atoms with Gasteiger partial charge in [0.25, 0.3) is 5.91 Å². The lowest BCUT2D eigenvalue weighted by atomic mass is 10.0. The molecule has 2 aromatic rings. The van der Waals surface area contributed by atoms with Gasteiger partial charge in [-0.2, -0.15) is 12.6 Å². The number of carbonyl (C=O) groups is 1. The van der Waals surface area contributed by atoms with Gasteiger partial charge >= 0.3 is 0 Å². The van der Waals surface area contributed by atoms with Crippen molar-refractivity contribution in [3.63, 3.8) is 0 Å². The van der Waals surface area contributed by atoms with Crippen LogP contribution in [0, 0.1) is 0 Å². The molecule has 1 aliphatic carbocycles. The van der Waals surface area contributed by atoms with E-state index in [-0.39, 0.29) is 11.9 Å². The molecule has 0 saturated carbocycles.